The average molecular weight is 406 g/mol. The summed E-state index contributed by atoms with van der Waals surface area (Å²) in [6.07, 6.45) is 9.64. The van der Waals surface area contributed by atoms with Gasteiger partial charge in [0.1, 0.15) is 11.5 Å². The highest BCUT2D eigenvalue weighted by Crippen LogP contribution is 2.44. The van der Waals surface area contributed by atoms with Crippen LogP contribution in [0.4, 0.5) is 5.69 Å². The SMILES string of the molecule is CCCCCCCCC1(C)SC(=O)C=C1OCC(=O)Nc1ccc(OC)cc1. The number of carbonyl (C=O) groups is 2. The lowest BCUT2D eigenvalue weighted by atomic mass is 9.99. The third-order valence-corrected chi connectivity index (χ3v) is 6.01. The average Bonchev–Trinajstić information content (AvgIpc) is 2.97. The van der Waals surface area contributed by atoms with Crippen LogP contribution in [0.25, 0.3) is 0 Å². The molecule has 0 aliphatic carbocycles. The van der Waals surface area contributed by atoms with Gasteiger partial charge in [0, 0.05) is 11.8 Å². The number of anilines is 1. The maximum atomic E-state index is 12.2. The van der Waals surface area contributed by atoms with Gasteiger partial charge in [0.2, 0.25) is 5.12 Å². The topological polar surface area (TPSA) is 64.6 Å². The lowest BCUT2D eigenvalue weighted by molar-refractivity contribution is -0.119. The first-order valence-corrected chi connectivity index (χ1v) is 10.8. The zero-order chi connectivity index (χ0) is 20.4. The van der Waals surface area contributed by atoms with E-state index in [1.165, 1.54) is 43.5 Å². The first kappa shape index (κ1) is 22.3. The summed E-state index contributed by atoms with van der Waals surface area (Å²) in [5, 5.41) is 2.79. The molecule has 1 unspecified atom stereocenters. The molecule has 1 aromatic carbocycles. The van der Waals surface area contributed by atoms with Gasteiger partial charge in [-0.2, -0.15) is 0 Å². The molecule has 1 aliphatic heterocycles. The Morgan fingerprint density at radius 1 is 1.11 bits per heavy atom. The van der Waals surface area contributed by atoms with Crippen LogP contribution in [0, 0.1) is 0 Å². The molecule has 0 saturated carbocycles. The van der Waals surface area contributed by atoms with Crippen LogP contribution in [-0.2, 0) is 14.3 Å². The molecular weight excluding hydrogens is 374 g/mol. The van der Waals surface area contributed by atoms with Crippen molar-refractivity contribution in [2.45, 2.75) is 63.5 Å². The quantitative estimate of drug-likeness (QED) is 0.477. The van der Waals surface area contributed by atoms with E-state index >= 15 is 0 Å². The highest BCUT2D eigenvalue weighted by atomic mass is 32.2. The number of carbonyl (C=O) groups excluding carboxylic acids is 2. The second-order valence-electron chi connectivity index (χ2n) is 7.24. The van der Waals surface area contributed by atoms with Crippen LogP contribution >= 0.6 is 11.8 Å². The standard InChI is InChI=1S/C22H31NO4S/c1-4-5-6-7-8-9-14-22(2)19(15-21(25)28-22)27-16-20(24)23-17-10-12-18(26-3)13-11-17/h10-13,15H,4-9,14,16H2,1-3H3,(H,23,24). The van der Waals surface area contributed by atoms with Gasteiger partial charge in [-0.25, -0.2) is 0 Å². The minimum absolute atomic E-state index is 0.000884. The molecule has 1 atom stereocenters. The van der Waals surface area contributed by atoms with Gasteiger partial charge in [0.05, 0.1) is 11.9 Å². The summed E-state index contributed by atoms with van der Waals surface area (Å²) in [4.78, 5) is 24.1. The lowest BCUT2D eigenvalue weighted by Gasteiger charge is -2.26. The fourth-order valence-corrected chi connectivity index (χ4v) is 4.26. The van der Waals surface area contributed by atoms with E-state index in [0.717, 1.165) is 25.0 Å². The molecule has 0 saturated heterocycles. The molecule has 154 valence electrons. The predicted octanol–water partition coefficient (Wildman–Crippen LogP) is 5.32. The van der Waals surface area contributed by atoms with Gasteiger partial charge in [0.15, 0.2) is 6.61 Å². The Kier molecular flexibility index (Phi) is 8.90. The molecule has 0 fully saturated rings. The molecule has 0 spiro atoms. The summed E-state index contributed by atoms with van der Waals surface area (Å²) in [6, 6.07) is 7.10. The number of amides is 1. The van der Waals surface area contributed by atoms with E-state index in [4.69, 9.17) is 9.47 Å². The van der Waals surface area contributed by atoms with Gasteiger partial charge >= 0.3 is 0 Å². The molecule has 0 radical (unpaired) electrons. The number of rotatable bonds is 12. The van der Waals surface area contributed by atoms with Gasteiger partial charge < -0.3 is 14.8 Å². The van der Waals surface area contributed by atoms with Crippen molar-refractivity contribution in [1.29, 1.82) is 0 Å². The van der Waals surface area contributed by atoms with Crippen LogP contribution in [0.15, 0.2) is 36.1 Å². The summed E-state index contributed by atoms with van der Waals surface area (Å²) in [6.45, 7) is 4.13. The minimum atomic E-state index is -0.373. The molecule has 6 heteroatoms. The Morgan fingerprint density at radius 3 is 2.46 bits per heavy atom. The summed E-state index contributed by atoms with van der Waals surface area (Å²) in [7, 11) is 1.60. The zero-order valence-electron chi connectivity index (χ0n) is 17.1. The monoisotopic (exact) mass is 405 g/mol. The molecule has 1 heterocycles. The smallest absolute Gasteiger partial charge is 0.262 e. The Hall–Kier alpha value is -1.95. The summed E-state index contributed by atoms with van der Waals surface area (Å²) < 4.78 is 10.5. The van der Waals surface area contributed by atoms with Crippen molar-refractivity contribution in [2.75, 3.05) is 19.0 Å². The molecule has 0 bridgehead atoms. The van der Waals surface area contributed by atoms with Crippen LogP contribution < -0.4 is 10.1 Å². The highest BCUT2D eigenvalue weighted by molar-refractivity contribution is 8.15. The Balaban J connectivity index is 1.80. The van der Waals surface area contributed by atoms with Crippen LogP contribution in [0.3, 0.4) is 0 Å². The Morgan fingerprint density at radius 2 is 1.79 bits per heavy atom. The number of hydrogen-bond donors (Lipinski definition) is 1. The van der Waals surface area contributed by atoms with Crippen molar-refractivity contribution in [3.05, 3.63) is 36.1 Å². The van der Waals surface area contributed by atoms with Gasteiger partial charge in [-0.05, 0) is 37.6 Å². The molecular formula is C22H31NO4S. The van der Waals surface area contributed by atoms with E-state index < -0.39 is 0 Å². The van der Waals surface area contributed by atoms with Crippen molar-refractivity contribution in [3.63, 3.8) is 0 Å². The third-order valence-electron chi connectivity index (χ3n) is 4.84. The van der Waals surface area contributed by atoms with Crippen LogP contribution in [0.5, 0.6) is 5.75 Å². The molecule has 1 aliphatic rings. The maximum Gasteiger partial charge on any atom is 0.262 e. The number of thioether (sulfide) groups is 1. The number of ether oxygens (including phenoxy) is 2. The van der Waals surface area contributed by atoms with Gasteiger partial charge in [-0.1, -0.05) is 57.2 Å². The van der Waals surface area contributed by atoms with Crippen LogP contribution in [0.1, 0.15) is 58.8 Å². The van der Waals surface area contributed by atoms with Crippen molar-refractivity contribution < 1.29 is 19.1 Å². The first-order valence-electron chi connectivity index (χ1n) is 9.98. The molecule has 28 heavy (non-hydrogen) atoms. The molecule has 0 aromatic heterocycles. The number of nitrogens with one attached hydrogen (secondary N) is 1. The normalized spacial score (nSPS) is 18.7. The van der Waals surface area contributed by atoms with E-state index in [2.05, 4.69) is 12.2 Å². The van der Waals surface area contributed by atoms with E-state index in [0.29, 0.717) is 11.4 Å². The van der Waals surface area contributed by atoms with E-state index in [1.54, 1.807) is 31.4 Å². The van der Waals surface area contributed by atoms with Gasteiger partial charge in [-0.3, -0.25) is 9.59 Å². The molecule has 2 rings (SSSR count). The Labute approximate surface area is 172 Å². The predicted molar refractivity (Wildman–Crippen MR) is 115 cm³/mol. The summed E-state index contributed by atoms with van der Waals surface area (Å²) in [5.74, 6) is 1.09. The fourth-order valence-electron chi connectivity index (χ4n) is 3.19. The fraction of sp³-hybridized carbons (Fsp3) is 0.545. The first-order chi connectivity index (χ1) is 13.5. The maximum absolute atomic E-state index is 12.2. The summed E-state index contributed by atoms with van der Waals surface area (Å²) >= 11 is 1.30. The van der Waals surface area contributed by atoms with E-state index in [-0.39, 0.29) is 22.4 Å². The molecule has 1 N–H and O–H groups in total. The zero-order valence-corrected chi connectivity index (χ0v) is 17.9. The number of unbranched alkanes of at least 4 members (excludes halogenated alkanes) is 5. The van der Waals surface area contributed by atoms with E-state index in [9.17, 15) is 9.59 Å². The minimum Gasteiger partial charge on any atom is -0.497 e. The second-order valence-corrected chi connectivity index (χ2v) is 8.75. The number of methoxy groups -OCH3 is 1. The molecule has 1 aromatic rings. The largest absolute Gasteiger partial charge is 0.497 e. The number of hydrogen-bond acceptors (Lipinski definition) is 5. The van der Waals surface area contributed by atoms with Crippen molar-refractivity contribution >= 4 is 28.5 Å². The van der Waals surface area contributed by atoms with Crippen LogP contribution in [-0.4, -0.2) is 29.5 Å². The molecule has 5 nitrogen and oxygen atoms in total. The second kappa shape index (κ2) is 11.1. The van der Waals surface area contributed by atoms with Gasteiger partial charge in [-0.15, -0.1) is 0 Å². The highest BCUT2D eigenvalue weighted by Gasteiger charge is 2.39. The number of benzene rings is 1. The van der Waals surface area contributed by atoms with Gasteiger partial charge in [0.25, 0.3) is 5.91 Å². The molecule has 1 amide bonds. The van der Waals surface area contributed by atoms with Crippen molar-refractivity contribution in [2.24, 2.45) is 0 Å². The van der Waals surface area contributed by atoms with Crippen molar-refractivity contribution in [3.8, 4) is 5.75 Å². The van der Waals surface area contributed by atoms with Crippen LogP contribution in [0.2, 0.25) is 0 Å². The lowest BCUT2D eigenvalue weighted by Crippen LogP contribution is -2.26. The third kappa shape index (κ3) is 6.89. The van der Waals surface area contributed by atoms with Crippen molar-refractivity contribution in [1.82, 2.24) is 0 Å². The van der Waals surface area contributed by atoms with E-state index in [1.807, 2.05) is 6.92 Å². The Bertz CT molecular complexity index is 686. The summed E-state index contributed by atoms with van der Waals surface area (Å²) in [5.41, 5.74) is 0.676.